The summed E-state index contributed by atoms with van der Waals surface area (Å²) in [6.45, 7) is 4.28. The van der Waals surface area contributed by atoms with Gasteiger partial charge < -0.3 is 20.3 Å². The highest BCUT2D eigenvalue weighted by molar-refractivity contribution is 8.13. The average Bonchev–Trinajstić information content (AvgIpc) is 3.24. The number of thioether (sulfide) groups is 1. The number of aliphatic imine (C=N–C) groups is 1. The minimum atomic E-state index is -0.571. The number of aryl methyl sites for hydroxylation is 1. The zero-order valence-corrected chi connectivity index (χ0v) is 16.0. The highest BCUT2D eigenvalue weighted by Crippen LogP contribution is 2.46. The minimum absolute atomic E-state index is 0.152. The van der Waals surface area contributed by atoms with Gasteiger partial charge in [-0.15, -0.1) is 11.3 Å². The molecule has 2 aliphatic rings. The molecular formula is C16H19N5O3S2. The quantitative estimate of drug-likeness (QED) is 0.822. The maximum atomic E-state index is 12.2. The maximum absolute atomic E-state index is 12.2. The number of carbonyl (C=O) groups excluding carboxylic acids is 1. The van der Waals surface area contributed by atoms with E-state index in [0.29, 0.717) is 29.2 Å². The Morgan fingerprint density at radius 3 is 3.12 bits per heavy atom. The maximum Gasteiger partial charge on any atom is 0.295 e. The Kier molecular flexibility index (Phi) is 4.49. The molecule has 1 unspecified atom stereocenters. The number of nitrogens with zero attached hydrogens (tertiary/aromatic N) is 3. The van der Waals surface area contributed by atoms with Crippen molar-refractivity contribution in [2.24, 2.45) is 16.6 Å². The van der Waals surface area contributed by atoms with Crippen LogP contribution in [-0.2, 0) is 10.3 Å². The van der Waals surface area contributed by atoms with E-state index in [0.717, 1.165) is 17.2 Å². The van der Waals surface area contributed by atoms with Crippen molar-refractivity contribution in [3.8, 4) is 0 Å². The second-order valence-corrected chi connectivity index (χ2v) is 8.46. The molecule has 4 rings (SSSR count). The molecule has 10 heteroatoms. The van der Waals surface area contributed by atoms with E-state index in [1.54, 1.807) is 30.1 Å². The van der Waals surface area contributed by atoms with Crippen molar-refractivity contribution >= 4 is 40.0 Å². The first kappa shape index (κ1) is 17.5. The van der Waals surface area contributed by atoms with Crippen LogP contribution in [0.25, 0.3) is 0 Å². The number of hydrogen-bond donors (Lipinski definition) is 2. The van der Waals surface area contributed by atoms with Gasteiger partial charge in [0.25, 0.3) is 5.91 Å². The van der Waals surface area contributed by atoms with Gasteiger partial charge in [-0.05, 0) is 20.3 Å². The van der Waals surface area contributed by atoms with Gasteiger partial charge in [0.2, 0.25) is 5.76 Å². The molecule has 1 fully saturated rings. The topological polar surface area (TPSA) is 116 Å². The summed E-state index contributed by atoms with van der Waals surface area (Å²) < 4.78 is 10.9. The van der Waals surface area contributed by atoms with Crippen molar-refractivity contribution < 1.29 is 14.1 Å². The molecule has 138 valence electrons. The van der Waals surface area contributed by atoms with Gasteiger partial charge in [-0.1, -0.05) is 16.9 Å². The molecule has 2 aromatic heterocycles. The molecule has 0 spiro atoms. The van der Waals surface area contributed by atoms with Crippen molar-refractivity contribution in [3.05, 3.63) is 27.9 Å². The highest BCUT2D eigenvalue weighted by Gasteiger charge is 2.49. The van der Waals surface area contributed by atoms with Gasteiger partial charge in [0.05, 0.1) is 18.4 Å². The molecule has 0 bridgehead atoms. The van der Waals surface area contributed by atoms with Gasteiger partial charge in [-0.3, -0.25) is 4.79 Å². The number of fused-ring (bicyclic) bond motifs is 1. The molecule has 0 aliphatic carbocycles. The van der Waals surface area contributed by atoms with Crippen LogP contribution in [0.15, 0.2) is 21.0 Å². The number of aromatic nitrogens is 2. The highest BCUT2D eigenvalue weighted by atomic mass is 32.2. The van der Waals surface area contributed by atoms with Crippen LogP contribution in [0.1, 0.15) is 34.6 Å². The van der Waals surface area contributed by atoms with E-state index in [2.05, 4.69) is 22.4 Å². The van der Waals surface area contributed by atoms with E-state index in [9.17, 15) is 4.79 Å². The number of anilines is 1. The SMILES string of the molecule is Cc1cc(C(=O)Nc2csc(C34CO[C@@H](C)C[C@H]3CSC(N)=N4)n2)on1. The predicted octanol–water partition coefficient (Wildman–Crippen LogP) is 2.37. The lowest BCUT2D eigenvalue weighted by Gasteiger charge is -2.44. The van der Waals surface area contributed by atoms with E-state index < -0.39 is 5.54 Å². The molecule has 3 atom stereocenters. The van der Waals surface area contributed by atoms with Crippen LogP contribution in [0, 0.1) is 12.8 Å². The fourth-order valence-corrected chi connectivity index (χ4v) is 5.23. The van der Waals surface area contributed by atoms with Gasteiger partial charge in [-0.2, -0.15) is 0 Å². The van der Waals surface area contributed by atoms with Crippen molar-refractivity contribution in [2.45, 2.75) is 31.9 Å². The fourth-order valence-electron chi connectivity index (χ4n) is 3.26. The van der Waals surface area contributed by atoms with Crippen LogP contribution in [0.3, 0.4) is 0 Å². The molecule has 0 aromatic carbocycles. The average molecular weight is 393 g/mol. The van der Waals surface area contributed by atoms with E-state index in [1.807, 2.05) is 0 Å². The monoisotopic (exact) mass is 393 g/mol. The molecule has 2 aliphatic heterocycles. The summed E-state index contributed by atoms with van der Waals surface area (Å²) in [6, 6.07) is 1.58. The number of carbonyl (C=O) groups is 1. The van der Waals surface area contributed by atoms with E-state index >= 15 is 0 Å². The second kappa shape index (κ2) is 6.67. The number of nitrogens with one attached hydrogen (secondary N) is 1. The third-order valence-corrected chi connectivity index (χ3v) is 6.55. The summed E-state index contributed by atoms with van der Waals surface area (Å²) in [4.78, 5) is 21.6. The van der Waals surface area contributed by atoms with Crippen molar-refractivity contribution in [1.29, 1.82) is 0 Å². The molecule has 0 radical (unpaired) electrons. The van der Waals surface area contributed by atoms with Crippen LogP contribution < -0.4 is 11.1 Å². The van der Waals surface area contributed by atoms with Crippen LogP contribution in [0.2, 0.25) is 0 Å². The predicted molar refractivity (Wildman–Crippen MR) is 101 cm³/mol. The number of amides is 1. The Morgan fingerprint density at radius 1 is 1.50 bits per heavy atom. The van der Waals surface area contributed by atoms with Crippen LogP contribution in [-0.4, -0.2) is 39.7 Å². The summed E-state index contributed by atoms with van der Waals surface area (Å²) in [5, 5.41) is 9.63. The Morgan fingerprint density at radius 2 is 2.35 bits per heavy atom. The summed E-state index contributed by atoms with van der Waals surface area (Å²) >= 11 is 3.03. The zero-order chi connectivity index (χ0) is 18.3. The number of thiazole rings is 1. The summed E-state index contributed by atoms with van der Waals surface area (Å²) in [5.41, 5.74) is 6.09. The molecule has 0 saturated carbocycles. The molecule has 26 heavy (non-hydrogen) atoms. The molecule has 4 heterocycles. The lowest BCUT2D eigenvalue weighted by atomic mass is 9.80. The van der Waals surface area contributed by atoms with Crippen LogP contribution in [0.5, 0.6) is 0 Å². The normalized spacial score (nSPS) is 28.3. The molecule has 1 amide bonds. The largest absolute Gasteiger partial charge is 0.379 e. The lowest BCUT2D eigenvalue weighted by molar-refractivity contribution is -0.0466. The Labute approximate surface area is 158 Å². The van der Waals surface area contributed by atoms with Crippen molar-refractivity contribution in [2.75, 3.05) is 17.7 Å². The zero-order valence-electron chi connectivity index (χ0n) is 14.4. The van der Waals surface area contributed by atoms with Gasteiger partial charge in [0.15, 0.2) is 5.17 Å². The third-order valence-electron chi connectivity index (χ3n) is 4.59. The number of hydrogen-bond acceptors (Lipinski definition) is 9. The molecule has 2 aromatic rings. The third kappa shape index (κ3) is 3.12. The van der Waals surface area contributed by atoms with E-state index in [1.165, 1.54) is 11.3 Å². The first-order chi connectivity index (χ1) is 12.5. The Balaban J connectivity index is 1.59. The summed E-state index contributed by atoms with van der Waals surface area (Å²) in [7, 11) is 0. The second-order valence-electron chi connectivity index (χ2n) is 6.56. The standard InChI is InChI=1S/C16H19N5O3S2/c1-8-3-11(24-21-8)13(22)18-12-6-25-14(19-12)16-7-23-9(2)4-10(16)5-26-15(17)20-16/h3,6,9-10H,4-5,7H2,1-2H3,(H2,17,20)(H,18,22)/t9-,10-,16?/m0/s1. The van der Waals surface area contributed by atoms with E-state index in [-0.39, 0.29) is 17.8 Å². The minimum Gasteiger partial charge on any atom is -0.379 e. The van der Waals surface area contributed by atoms with Crippen LogP contribution in [0.4, 0.5) is 5.82 Å². The molecular weight excluding hydrogens is 374 g/mol. The smallest absolute Gasteiger partial charge is 0.295 e. The fraction of sp³-hybridized carbons (Fsp3) is 0.500. The van der Waals surface area contributed by atoms with Crippen LogP contribution >= 0.6 is 23.1 Å². The number of nitrogens with two attached hydrogens (primary N) is 1. The molecule has 1 saturated heterocycles. The lowest BCUT2D eigenvalue weighted by Crippen LogP contribution is -2.49. The van der Waals surface area contributed by atoms with Gasteiger partial charge in [-0.25, -0.2) is 9.98 Å². The molecule has 3 N–H and O–H groups in total. The summed E-state index contributed by atoms with van der Waals surface area (Å²) in [6.07, 6.45) is 1.10. The van der Waals surface area contributed by atoms with E-state index in [4.69, 9.17) is 20.0 Å². The van der Waals surface area contributed by atoms with Gasteiger partial charge in [0.1, 0.15) is 16.4 Å². The first-order valence-corrected chi connectivity index (χ1v) is 10.1. The Hall–Kier alpha value is -1.91. The van der Waals surface area contributed by atoms with Crippen molar-refractivity contribution in [1.82, 2.24) is 10.1 Å². The number of rotatable bonds is 3. The first-order valence-electron chi connectivity index (χ1n) is 8.26. The van der Waals surface area contributed by atoms with Crippen molar-refractivity contribution in [3.63, 3.8) is 0 Å². The number of ether oxygens (including phenoxy) is 1. The summed E-state index contributed by atoms with van der Waals surface area (Å²) in [5.74, 6) is 1.42. The van der Waals surface area contributed by atoms with Gasteiger partial charge in [0, 0.05) is 23.1 Å². The Bertz CT molecular complexity index is 864. The molecule has 8 nitrogen and oxygen atoms in total. The number of amidine groups is 1. The van der Waals surface area contributed by atoms with Gasteiger partial charge >= 0.3 is 0 Å².